The first-order valence-corrected chi connectivity index (χ1v) is 9.60. The number of aryl methyl sites for hydroxylation is 1. The highest BCUT2D eigenvalue weighted by Gasteiger charge is 2.24. The standard InChI is InChI=1S/C20H24N4O5/c1-12-7-3-6-10-15(12)21-20(28)22-16(25)11-29-19(27)17-13-8-4-5-9-14(13)18(26)24(2)23-17/h4-5,8-9,12,15H,3,6-7,10-11H2,1-2H3,(H2,21,22,25,28)/t12-,15-/m0/s1. The summed E-state index contributed by atoms with van der Waals surface area (Å²) < 4.78 is 6.04. The van der Waals surface area contributed by atoms with Crippen LogP contribution in [0.5, 0.6) is 0 Å². The molecular formula is C20H24N4O5. The molecule has 0 radical (unpaired) electrons. The molecule has 9 heteroatoms. The molecule has 1 fully saturated rings. The fourth-order valence-electron chi connectivity index (χ4n) is 3.55. The van der Waals surface area contributed by atoms with E-state index in [1.54, 1.807) is 24.3 Å². The lowest BCUT2D eigenvalue weighted by Crippen LogP contribution is -2.48. The summed E-state index contributed by atoms with van der Waals surface area (Å²) in [5.74, 6) is -1.24. The highest BCUT2D eigenvalue weighted by atomic mass is 16.5. The Hall–Kier alpha value is -3.23. The zero-order valence-corrected chi connectivity index (χ0v) is 16.4. The van der Waals surface area contributed by atoms with E-state index in [0.717, 1.165) is 30.4 Å². The highest BCUT2D eigenvalue weighted by Crippen LogP contribution is 2.23. The summed E-state index contributed by atoms with van der Waals surface area (Å²) in [6.07, 6.45) is 4.10. The molecule has 0 aliphatic heterocycles. The zero-order valence-electron chi connectivity index (χ0n) is 16.4. The van der Waals surface area contributed by atoms with Gasteiger partial charge in [-0.1, -0.05) is 38.0 Å². The molecule has 2 aromatic rings. The van der Waals surface area contributed by atoms with Crippen LogP contribution in [0.1, 0.15) is 43.1 Å². The van der Waals surface area contributed by atoms with Crippen LogP contribution < -0.4 is 16.2 Å². The maximum absolute atomic E-state index is 12.4. The van der Waals surface area contributed by atoms with Crippen LogP contribution in [0.15, 0.2) is 29.1 Å². The largest absolute Gasteiger partial charge is 0.451 e. The van der Waals surface area contributed by atoms with Gasteiger partial charge in [-0.3, -0.25) is 14.9 Å². The van der Waals surface area contributed by atoms with Crippen LogP contribution in [-0.4, -0.2) is 40.3 Å². The van der Waals surface area contributed by atoms with Gasteiger partial charge in [0, 0.05) is 18.5 Å². The predicted octanol–water partition coefficient (Wildman–Crippen LogP) is 1.49. The van der Waals surface area contributed by atoms with Crippen LogP contribution in [0.3, 0.4) is 0 Å². The number of urea groups is 1. The molecule has 1 heterocycles. The van der Waals surface area contributed by atoms with Gasteiger partial charge in [-0.05, 0) is 24.8 Å². The molecule has 29 heavy (non-hydrogen) atoms. The normalized spacial score (nSPS) is 18.8. The van der Waals surface area contributed by atoms with E-state index in [-0.39, 0.29) is 17.3 Å². The van der Waals surface area contributed by atoms with Gasteiger partial charge in [-0.2, -0.15) is 5.10 Å². The number of fused-ring (bicyclic) bond motifs is 1. The van der Waals surface area contributed by atoms with Crippen LogP contribution in [0.2, 0.25) is 0 Å². The Morgan fingerprint density at radius 3 is 2.59 bits per heavy atom. The van der Waals surface area contributed by atoms with Gasteiger partial charge in [0.25, 0.3) is 11.5 Å². The summed E-state index contributed by atoms with van der Waals surface area (Å²) >= 11 is 0. The van der Waals surface area contributed by atoms with Gasteiger partial charge >= 0.3 is 12.0 Å². The second kappa shape index (κ2) is 8.85. The number of benzene rings is 1. The SMILES string of the molecule is C[C@H]1CCCC[C@@H]1NC(=O)NC(=O)COC(=O)c1nn(C)c(=O)c2ccccc12. The quantitative estimate of drug-likeness (QED) is 0.751. The van der Waals surface area contributed by atoms with Gasteiger partial charge < -0.3 is 10.1 Å². The van der Waals surface area contributed by atoms with Crippen molar-refractivity contribution in [3.05, 3.63) is 40.3 Å². The molecule has 0 unspecified atom stereocenters. The van der Waals surface area contributed by atoms with Gasteiger partial charge in [0.05, 0.1) is 5.39 Å². The summed E-state index contributed by atoms with van der Waals surface area (Å²) in [6.45, 7) is 1.43. The van der Waals surface area contributed by atoms with Crippen molar-refractivity contribution in [1.29, 1.82) is 0 Å². The van der Waals surface area contributed by atoms with Crippen LogP contribution >= 0.6 is 0 Å². The lowest BCUT2D eigenvalue weighted by atomic mass is 9.86. The van der Waals surface area contributed by atoms with Crippen molar-refractivity contribution in [3.63, 3.8) is 0 Å². The minimum absolute atomic E-state index is 0.0280. The Balaban J connectivity index is 1.59. The molecule has 1 aromatic carbocycles. The molecule has 1 saturated carbocycles. The number of rotatable bonds is 4. The molecule has 0 saturated heterocycles. The van der Waals surface area contributed by atoms with Gasteiger partial charge in [0.1, 0.15) is 0 Å². The number of hydrogen-bond donors (Lipinski definition) is 2. The van der Waals surface area contributed by atoms with Crippen molar-refractivity contribution in [2.45, 2.75) is 38.6 Å². The fraction of sp³-hybridized carbons (Fsp3) is 0.450. The number of hydrogen-bond acceptors (Lipinski definition) is 6. The number of ether oxygens (including phenoxy) is 1. The fourth-order valence-corrected chi connectivity index (χ4v) is 3.55. The molecule has 0 spiro atoms. The van der Waals surface area contributed by atoms with E-state index in [1.165, 1.54) is 7.05 Å². The number of nitrogens with one attached hydrogen (secondary N) is 2. The Morgan fingerprint density at radius 1 is 1.17 bits per heavy atom. The van der Waals surface area contributed by atoms with E-state index < -0.39 is 24.5 Å². The maximum Gasteiger partial charge on any atom is 0.359 e. The van der Waals surface area contributed by atoms with Gasteiger partial charge in [-0.15, -0.1) is 0 Å². The number of carbonyl (C=O) groups excluding carboxylic acids is 3. The molecule has 154 valence electrons. The molecule has 2 atom stereocenters. The number of nitrogens with zero attached hydrogens (tertiary/aromatic N) is 2. The molecule has 0 bridgehead atoms. The molecule has 1 aliphatic rings. The third-order valence-corrected chi connectivity index (χ3v) is 5.17. The number of aromatic nitrogens is 2. The molecule has 1 aromatic heterocycles. The first-order valence-electron chi connectivity index (χ1n) is 9.60. The Kier molecular flexibility index (Phi) is 6.26. The van der Waals surface area contributed by atoms with E-state index in [2.05, 4.69) is 22.7 Å². The first-order chi connectivity index (χ1) is 13.9. The number of imide groups is 1. The third kappa shape index (κ3) is 4.79. The Bertz CT molecular complexity index is 1000. The molecule has 3 amide bonds. The van der Waals surface area contributed by atoms with E-state index in [9.17, 15) is 19.2 Å². The van der Waals surface area contributed by atoms with Gasteiger partial charge in [0.2, 0.25) is 0 Å². The summed E-state index contributed by atoms with van der Waals surface area (Å²) in [7, 11) is 1.43. The average Bonchev–Trinajstić information content (AvgIpc) is 2.70. The summed E-state index contributed by atoms with van der Waals surface area (Å²) in [5.41, 5.74) is -0.417. The molecule has 3 rings (SSSR count). The van der Waals surface area contributed by atoms with E-state index in [4.69, 9.17) is 4.74 Å². The number of carbonyl (C=O) groups is 3. The monoisotopic (exact) mass is 400 g/mol. The summed E-state index contributed by atoms with van der Waals surface area (Å²) in [6, 6.07) is 5.94. The van der Waals surface area contributed by atoms with Crippen molar-refractivity contribution in [3.8, 4) is 0 Å². The number of esters is 1. The van der Waals surface area contributed by atoms with Crippen LogP contribution in [-0.2, 0) is 16.6 Å². The van der Waals surface area contributed by atoms with Crippen LogP contribution in [0.25, 0.3) is 10.8 Å². The Labute approximate surface area is 167 Å². The van der Waals surface area contributed by atoms with E-state index in [1.807, 2.05) is 0 Å². The zero-order chi connectivity index (χ0) is 21.0. The van der Waals surface area contributed by atoms with Crippen LogP contribution in [0.4, 0.5) is 4.79 Å². The molecule has 1 aliphatic carbocycles. The third-order valence-electron chi connectivity index (χ3n) is 5.17. The number of amides is 3. The van der Waals surface area contributed by atoms with Crippen molar-refractivity contribution >= 4 is 28.7 Å². The first kappa shape index (κ1) is 20.5. The predicted molar refractivity (Wildman–Crippen MR) is 105 cm³/mol. The van der Waals surface area contributed by atoms with Gasteiger partial charge in [0.15, 0.2) is 12.3 Å². The summed E-state index contributed by atoms with van der Waals surface area (Å²) in [5, 5.41) is 9.57. The maximum atomic E-state index is 12.4. The highest BCUT2D eigenvalue weighted by molar-refractivity contribution is 6.03. The topological polar surface area (TPSA) is 119 Å². The smallest absolute Gasteiger partial charge is 0.359 e. The van der Waals surface area contributed by atoms with Crippen molar-refractivity contribution in [2.24, 2.45) is 13.0 Å². The van der Waals surface area contributed by atoms with E-state index >= 15 is 0 Å². The molecule has 2 N–H and O–H groups in total. The van der Waals surface area contributed by atoms with Gasteiger partial charge in [-0.25, -0.2) is 14.3 Å². The minimum atomic E-state index is -0.853. The second-order valence-corrected chi connectivity index (χ2v) is 7.29. The lowest BCUT2D eigenvalue weighted by Gasteiger charge is -2.29. The Morgan fingerprint density at radius 2 is 1.86 bits per heavy atom. The van der Waals surface area contributed by atoms with Crippen molar-refractivity contribution < 1.29 is 19.1 Å². The minimum Gasteiger partial charge on any atom is -0.451 e. The van der Waals surface area contributed by atoms with Crippen molar-refractivity contribution in [1.82, 2.24) is 20.4 Å². The molecular weight excluding hydrogens is 376 g/mol. The van der Waals surface area contributed by atoms with E-state index in [0.29, 0.717) is 16.7 Å². The average molecular weight is 400 g/mol. The van der Waals surface area contributed by atoms with Crippen LogP contribution in [0, 0.1) is 5.92 Å². The second-order valence-electron chi connectivity index (χ2n) is 7.29. The molecule has 9 nitrogen and oxygen atoms in total. The summed E-state index contributed by atoms with van der Waals surface area (Å²) in [4.78, 5) is 48.5. The van der Waals surface area contributed by atoms with Crippen molar-refractivity contribution in [2.75, 3.05) is 6.61 Å². The lowest BCUT2D eigenvalue weighted by molar-refractivity contribution is -0.123.